The van der Waals surface area contributed by atoms with Crippen LogP contribution in [0.2, 0.25) is 0 Å². The number of aromatic nitrogens is 2. The highest BCUT2D eigenvalue weighted by molar-refractivity contribution is 7.99. The molecule has 1 aromatic heterocycles. The number of rotatable bonds is 10. The van der Waals surface area contributed by atoms with Gasteiger partial charge in [0.1, 0.15) is 11.7 Å². The van der Waals surface area contributed by atoms with Crippen LogP contribution in [0.25, 0.3) is 22.4 Å². The van der Waals surface area contributed by atoms with E-state index in [0.29, 0.717) is 11.1 Å². The number of ether oxygens (including phenoxy) is 1. The number of nitrogens with zero attached hydrogens (tertiary/aromatic N) is 3. The van der Waals surface area contributed by atoms with E-state index in [9.17, 15) is 9.59 Å². The third kappa shape index (κ3) is 6.24. The van der Waals surface area contributed by atoms with Crippen LogP contribution in [0.15, 0.2) is 42.5 Å². The van der Waals surface area contributed by atoms with Gasteiger partial charge < -0.3 is 25.3 Å². The average molecular weight is 509 g/mol. The minimum atomic E-state index is -0.367. The number of thioether (sulfide) groups is 1. The average Bonchev–Trinajstić information content (AvgIpc) is 3.26. The van der Waals surface area contributed by atoms with Gasteiger partial charge in [0.2, 0.25) is 0 Å². The van der Waals surface area contributed by atoms with Gasteiger partial charge in [-0.1, -0.05) is 24.3 Å². The minimum Gasteiger partial charge on any atom is -0.469 e. The summed E-state index contributed by atoms with van der Waals surface area (Å²) < 4.78 is 6.82. The van der Waals surface area contributed by atoms with Gasteiger partial charge in [0.25, 0.3) is 5.91 Å². The predicted molar refractivity (Wildman–Crippen MR) is 144 cm³/mol. The van der Waals surface area contributed by atoms with Crippen molar-refractivity contribution in [2.45, 2.75) is 19.4 Å². The van der Waals surface area contributed by atoms with Crippen LogP contribution in [0.3, 0.4) is 0 Å². The molecule has 1 aliphatic rings. The second-order valence-corrected chi connectivity index (χ2v) is 9.90. The molecule has 4 N–H and O–H groups in total. The van der Waals surface area contributed by atoms with E-state index in [4.69, 9.17) is 16.1 Å². The number of hydrogen-bond donors (Lipinski definition) is 3. The summed E-state index contributed by atoms with van der Waals surface area (Å²) in [5.74, 6) is 2.59. The molecule has 0 atom stereocenters. The Balaban J connectivity index is 1.58. The summed E-state index contributed by atoms with van der Waals surface area (Å²) in [7, 11) is 1.32. The fraction of sp³-hybridized carbons (Fsp3) is 0.385. The molecule has 0 bridgehead atoms. The Morgan fingerprint density at radius 3 is 2.53 bits per heavy atom. The summed E-state index contributed by atoms with van der Waals surface area (Å²) in [6.07, 6.45) is 1.11. The number of imidazole rings is 1. The van der Waals surface area contributed by atoms with Gasteiger partial charge in [0.15, 0.2) is 0 Å². The molecule has 36 heavy (non-hydrogen) atoms. The van der Waals surface area contributed by atoms with Crippen LogP contribution in [0.4, 0.5) is 0 Å². The molecular weight excluding hydrogens is 476 g/mol. The molecule has 0 radical (unpaired) electrons. The van der Waals surface area contributed by atoms with Crippen molar-refractivity contribution in [3.05, 3.63) is 53.6 Å². The zero-order chi connectivity index (χ0) is 25.5. The van der Waals surface area contributed by atoms with Gasteiger partial charge in [0.05, 0.1) is 24.6 Å². The first kappa shape index (κ1) is 25.7. The van der Waals surface area contributed by atoms with Crippen LogP contribution in [-0.2, 0) is 16.1 Å². The Bertz CT molecular complexity index is 1230. The highest BCUT2D eigenvalue weighted by Crippen LogP contribution is 2.27. The number of nitrogens with one attached hydrogen (secondary N) is 2. The summed E-state index contributed by atoms with van der Waals surface area (Å²) in [6, 6.07) is 13.0. The lowest BCUT2D eigenvalue weighted by molar-refractivity contribution is -0.140. The molecule has 10 heteroatoms. The van der Waals surface area contributed by atoms with Crippen molar-refractivity contribution in [1.82, 2.24) is 19.8 Å². The Morgan fingerprint density at radius 1 is 1.11 bits per heavy atom. The van der Waals surface area contributed by atoms with Crippen LogP contribution >= 0.6 is 11.8 Å². The Labute approximate surface area is 214 Å². The Hall–Kier alpha value is -3.37. The lowest BCUT2D eigenvalue weighted by Gasteiger charge is -2.26. The number of benzene rings is 2. The highest BCUT2D eigenvalue weighted by atomic mass is 32.2. The molecule has 0 aliphatic carbocycles. The number of nitrogen functional groups attached to an aromatic ring is 1. The Kier molecular flexibility index (Phi) is 8.61. The number of methoxy groups -OCH3 is 1. The fourth-order valence-corrected chi connectivity index (χ4v) is 5.25. The number of carbonyl (C=O) groups is 2. The van der Waals surface area contributed by atoms with Crippen molar-refractivity contribution in [2.75, 3.05) is 44.8 Å². The number of nitrogens with two attached hydrogens (primary N) is 1. The summed E-state index contributed by atoms with van der Waals surface area (Å²) in [6.45, 7) is 4.30. The minimum absolute atomic E-state index is 0.0256. The maximum absolute atomic E-state index is 12.6. The van der Waals surface area contributed by atoms with E-state index < -0.39 is 0 Å². The number of amidine groups is 1. The van der Waals surface area contributed by atoms with Crippen molar-refractivity contribution < 1.29 is 14.3 Å². The van der Waals surface area contributed by atoms with Crippen molar-refractivity contribution in [1.29, 1.82) is 5.41 Å². The maximum atomic E-state index is 12.6. The molecule has 1 fully saturated rings. The molecule has 1 aliphatic heterocycles. The van der Waals surface area contributed by atoms with Gasteiger partial charge in [-0.05, 0) is 31.2 Å². The molecule has 0 spiro atoms. The molecule has 9 nitrogen and oxygen atoms in total. The van der Waals surface area contributed by atoms with E-state index in [1.807, 2.05) is 42.1 Å². The topological polar surface area (TPSA) is 126 Å². The highest BCUT2D eigenvalue weighted by Gasteiger charge is 2.17. The van der Waals surface area contributed by atoms with Gasteiger partial charge in [-0.25, -0.2) is 4.98 Å². The fourth-order valence-electron chi connectivity index (χ4n) is 4.28. The van der Waals surface area contributed by atoms with Crippen LogP contribution < -0.4 is 11.1 Å². The van der Waals surface area contributed by atoms with Crippen LogP contribution in [0.5, 0.6) is 0 Å². The second kappa shape index (κ2) is 12.0. The zero-order valence-corrected chi connectivity index (χ0v) is 21.3. The zero-order valence-electron chi connectivity index (χ0n) is 20.5. The molecule has 2 heterocycles. The molecular formula is C26H32N6O3S. The summed E-state index contributed by atoms with van der Waals surface area (Å²) in [5.41, 5.74) is 9.39. The van der Waals surface area contributed by atoms with E-state index in [1.54, 1.807) is 12.1 Å². The van der Waals surface area contributed by atoms with Crippen molar-refractivity contribution in [2.24, 2.45) is 5.73 Å². The molecule has 190 valence electrons. The lowest BCUT2D eigenvalue weighted by Crippen LogP contribution is -2.33. The number of fused-ring (bicyclic) bond motifs is 1. The first-order chi connectivity index (χ1) is 17.5. The van der Waals surface area contributed by atoms with Crippen LogP contribution in [0, 0.1) is 5.41 Å². The van der Waals surface area contributed by atoms with Gasteiger partial charge in [-0.3, -0.25) is 15.0 Å². The second-order valence-electron chi connectivity index (χ2n) is 8.67. The number of carbonyl (C=O) groups excluding carboxylic acids is 2. The van der Waals surface area contributed by atoms with E-state index in [0.717, 1.165) is 55.0 Å². The smallest absolute Gasteiger partial charge is 0.307 e. The largest absolute Gasteiger partial charge is 0.469 e. The standard InChI is InChI=1S/C26H32N6O3S/c1-35-23(33)9-10-29-26(34)20-7-8-22-21(17-20)30-25(19-5-3-18(4-6-19)24(27)28)32(22)12-2-11-31-13-15-36-16-14-31/h3-8,17H,2,9-16H2,1H3,(H3,27,28)(H,29,34). The van der Waals surface area contributed by atoms with Crippen molar-refractivity contribution in [3.8, 4) is 11.4 Å². The van der Waals surface area contributed by atoms with Crippen LogP contribution in [-0.4, -0.2) is 77.0 Å². The number of esters is 1. The first-order valence-corrected chi connectivity index (χ1v) is 13.2. The molecule has 4 rings (SSSR count). The molecule has 1 amide bonds. The van der Waals surface area contributed by atoms with E-state index in [-0.39, 0.29) is 30.7 Å². The third-order valence-corrected chi connectivity index (χ3v) is 7.21. The predicted octanol–water partition coefficient (Wildman–Crippen LogP) is 2.72. The van der Waals surface area contributed by atoms with Crippen LogP contribution in [0.1, 0.15) is 28.8 Å². The lowest BCUT2D eigenvalue weighted by atomic mass is 10.1. The van der Waals surface area contributed by atoms with E-state index in [1.165, 1.54) is 18.6 Å². The summed E-state index contributed by atoms with van der Waals surface area (Å²) >= 11 is 2.01. The SMILES string of the molecule is COC(=O)CCNC(=O)c1ccc2c(c1)nc(-c1ccc(C(=N)N)cc1)n2CCCN1CCSCC1. The van der Waals surface area contributed by atoms with Gasteiger partial charge >= 0.3 is 5.97 Å². The number of amides is 1. The van der Waals surface area contributed by atoms with Crippen molar-refractivity contribution in [3.63, 3.8) is 0 Å². The normalized spacial score (nSPS) is 14.0. The molecule has 1 saturated heterocycles. The van der Waals surface area contributed by atoms with Gasteiger partial charge in [0, 0.05) is 54.4 Å². The van der Waals surface area contributed by atoms with E-state index in [2.05, 4.69) is 19.5 Å². The van der Waals surface area contributed by atoms with Gasteiger partial charge in [-0.2, -0.15) is 11.8 Å². The first-order valence-electron chi connectivity index (χ1n) is 12.1. The third-order valence-electron chi connectivity index (χ3n) is 6.27. The monoisotopic (exact) mass is 508 g/mol. The summed E-state index contributed by atoms with van der Waals surface area (Å²) in [4.78, 5) is 31.3. The van der Waals surface area contributed by atoms with E-state index >= 15 is 0 Å². The number of aryl methyl sites for hydroxylation is 1. The van der Waals surface area contributed by atoms with Gasteiger partial charge in [-0.15, -0.1) is 0 Å². The molecule has 0 unspecified atom stereocenters. The Morgan fingerprint density at radius 2 is 1.83 bits per heavy atom. The number of hydrogen-bond acceptors (Lipinski definition) is 7. The summed E-state index contributed by atoms with van der Waals surface area (Å²) in [5, 5.41) is 10.4. The quantitative estimate of drug-likeness (QED) is 0.218. The maximum Gasteiger partial charge on any atom is 0.307 e. The molecule has 0 saturated carbocycles. The molecule has 3 aromatic rings. The molecule has 2 aromatic carbocycles. The van der Waals surface area contributed by atoms with Crippen molar-refractivity contribution >= 4 is 40.5 Å².